The number of hydrogen-bond acceptors (Lipinski definition) is 1. The summed E-state index contributed by atoms with van der Waals surface area (Å²) in [6.45, 7) is 0. The van der Waals surface area contributed by atoms with Gasteiger partial charge in [-0.2, -0.15) is 26.3 Å². The maximum atomic E-state index is 12.8. The number of carbonyl (C=O) groups excluding carboxylic acids is 1. The first-order chi connectivity index (χ1) is 10.5. The molecular weight excluding hydrogens is 390 g/mol. The average Bonchev–Trinajstić information content (AvgIpc) is 2.44. The predicted octanol–water partition coefficient (Wildman–Crippen LogP) is 5.72. The van der Waals surface area contributed by atoms with Crippen LogP contribution in [0.5, 0.6) is 0 Å². The first-order valence-corrected chi connectivity index (χ1v) is 6.87. The molecule has 0 unspecified atom stereocenters. The van der Waals surface area contributed by atoms with Gasteiger partial charge in [0.25, 0.3) is 0 Å². The Labute approximate surface area is 135 Å². The van der Waals surface area contributed by atoms with E-state index in [9.17, 15) is 31.1 Å². The number of benzene rings is 2. The van der Waals surface area contributed by atoms with Crippen LogP contribution in [0.15, 0.2) is 46.9 Å². The molecular formula is C15H7BrF6O. The lowest BCUT2D eigenvalue weighted by atomic mass is 9.98. The summed E-state index contributed by atoms with van der Waals surface area (Å²) in [6, 6.07) is 6.46. The van der Waals surface area contributed by atoms with Gasteiger partial charge in [-0.15, -0.1) is 0 Å². The summed E-state index contributed by atoms with van der Waals surface area (Å²) in [4.78, 5) is 12.2. The topological polar surface area (TPSA) is 17.1 Å². The largest absolute Gasteiger partial charge is 0.416 e. The second-order valence-electron chi connectivity index (χ2n) is 4.63. The Bertz CT molecular complexity index is 716. The van der Waals surface area contributed by atoms with Crippen molar-refractivity contribution in [1.82, 2.24) is 0 Å². The van der Waals surface area contributed by atoms with Gasteiger partial charge in [-0.25, -0.2) is 0 Å². The molecule has 0 heterocycles. The van der Waals surface area contributed by atoms with Crippen LogP contribution in [-0.4, -0.2) is 5.78 Å². The van der Waals surface area contributed by atoms with Crippen molar-refractivity contribution in [2.24, 2.45) is 0 Å². The standard InChI is InChI=1S/C15H7BrF6O/c16-12-3-1-2-8(6-12)13(23)9-4-10(14(17,18)19)7-11(5-9)15(20,21)22/h1-7H. The van der Waals surface area contributed by atoms with Crippen molar-refractivity contribution in [3.63, 3.8) is 0 Å². The molecule has 0 aliphatic rings. The van der Waals surface area contributed by atoms with E-state index in [1.807, 2.05) is 0 Å². The lowest BCUT2D eigenvalue weighted by Crippen LogP contribution is -2.13. The Morgan fingerprint density at radius 3 is 1.74 bits per heavy atom. The Hall–Kier alpha value is -1.83. The highest BCUT2D eigenvalue weighted by molar-refractivity contribution is 9.10. The van der Waals surface area contributed by atoms with E-state index in [2.05, 4.69) is 15.9 Å². The minimum atomic E-state index is -4.99. The van der Waals surface area contributed by atoms with E-state index in [4.69, 9.17) is 0 Å². The van der Waals surface area contributed by atoms with Crippen LogP contribution < -0.4 is 0 Å². The van der Waals surface area contributed by atoms with Crippen LogP contribution in [-0.2, 0) is 12.4 Å². The number of halogens is 7. The van der Waals surface area contributed by atoms with E-state index in [0.717, 1.165) is 0 Å². The lowest BCUT2D eigenvalue weighted by molar-refractivity contribution is -0.143. The van der Waals surface area contributed by atoms with E-state index in [0.29, 0.717) is 16.6 Å². The SMILES string of the molecule is O=C(c1cccc(Br)c1)c1cc(C(F)(F)F)cc(C(F)(F)F)c1. The Morgan fingerprint density at radius 1 is 0.783 bits per heavy atom. The summed E-state index contributed by atoms with van der Waals surface area (Å²) in [6.07, 6.45) is -9.98. The number of carbonyl (C=O) groups is 1. The van der Waals surface area contributed by atoms with Crippen LogP contribution in [0.4, 0.5) is 26.3 Å². The normalized spacial score (nSPS) is 12.3. The van der Waals surface area contributed by atoms with Crippen LogP contribution in [0.25, 0.3) is 0 Å². The Balaban J connectivity index is 2.60. The molecule has 0 atom stereocenters. The molecule has 0 aliphatic heterocycles. The zero-order valence-corrected chi connectivity index (χ0v) is 12.7. The van der Waals surface area contributed by atoms with Crippen molar-refractivity contribution in [1.29, 1.82) is 0 Å². The predicted molar refractivity (Wildman–Crippen MR) is 74.0 cm³/mol. The number of alkyl halides is 6. The highest BCUT2D eigenvalue weighted by Crippen LogP contribution is 2.36. The van der Waals surface area contributed by atoms with Gasteiger partial charge in [-0.3, -0.25) is 4.79 Å². The summed E-state index contributed by atoms with van der Waals surface area (Å²) in [5, 5.41) is 0. The van der Waals surface area contributed by atoms with Gasteiger partial charge in [0.1, 0.15) is 0 Å². The van der Waals surface area contributed by atoms with Crippen molar-refractivity contribution in [2.45, 2.75) is 12.4 Å². The molecule has 0 saturated carbocycles. The molecule has 2 rings (SSSR count). The minimum Gasteiger partial charge on any atom is -0.289 e. The summed E-state index contributed by atoms with van der Waals surface area (Å²) >= 11 is 3.08. The van der Waals surface area contributed by atoms with Crippen molar-refractivity contribution in [3.8, 4) is 0 Å². The van der Waals surface area contributed by atoms with Gasteiger partial charge in [0, 0.05) is 15.6 Å². The van der Waals surface area contributed by atoms with Crippen LogP contribution in [0.1, 0.15) is 27.0 Å². The van der Waals surface area contributed by atoms with E-state index in [1.54, 1.807) is 6.07 Å². The van der Waals surface area contributed by atoms with Gasteiger partial charge in [0.2, 0.25) is 0 Å². The average molecular weight is 397 g/mol. The summed E-state index contributed by atoms with van der Waals surface area (Å²) < 4.78 is 77.2. The monoisotopic (exact) mass is 396 g/mol. The number of rotatable bonds is 2. The van der Waals surface area contributed by atoms with Crippen molar-refractivity contribution in [2.75, 3.05) is 0 Å². The lowest BCUT2D eigenvalue weighted by Gasteiger charge is -2.14. The summed E-state index contributed by atoms with van der Waals surface area (Å²) in [7, 11) is 0. The molecule has 2 aromatic carbocycles. The third kappa shape index (κ3) is 4.13. The summed E-state index contributed by atoms with van der Waals surface area (Å²) in [5.41, 5.74) is -3.74. The molecule has 0 fully saturated rings. The summed E-state index contributed by atoms with van der Waals surface area (Å²) in [5.74, 6) is -0.928. The van der Waals surface area contributed by atoms with Crippen molar-refractivity contribution in [3.05, 3.63) is 69.2 Å². The van der Waals surface area contributed by atoms with Crippen molar-refractivity contribution < 1.29 is 31.1 Å². The molecule has 0 saturated heterocycles. The molecule has 2 aromatic rings. The molecule has 122 valence electrons. The van der Waals surface area contributed by atoms with Crippen LogP contribution in [0, 0.1) is 0 Å². The van der Waals surface area contributed by atoms with Crippen LogP contribution >= 0.6 is 15.9 Å². The molecule has 0 bridgehead atoms. The highest BCUT2D eigenvalue weighted by Gasteiger charge is 2.37. The molecule has 0 amide bonds. The van der Waals surface area contributed by atoms with Gasteiger partial charge < -0.3 is 0 Å². The first-order valence-electron chi connectivity index (χ1n) is 6.08. The zero-order valence-electron chi connectivity index (χ0n) is 11.1. The van der Waals surface area contributed by atoms with E-state index < -0.39 is 34.8 Å². The first kappa shape index (κ1) is 17.5. The van der Waals surface area contributed by atoms with E-state index in [1.165, 1.54) is 18.2 Å². The fourth-order valence-electron chi connectivity index (χ4n) is 1.88. The molecule has 23 heavy (non-hydrogen) atoms. The Kier molecular flexibility index (Phi) is 4.57. The molecule has 0 spiro atoms. The number of ketones is 1. The van der Waals surface area contributed by atoms with Gasteiger partial charge in [-0.05, 0) is 30.3 Å². The molecule has 8 heteroatoms. The zero-order chi connectivity index (χ0) is 17.4. The fraction of sp³-hybridized carbons (Fsp3) is 0.133. The van der Waals surface area contributed by atoms with E-state index >= 15 is 0 Å². The molecule has 1 nitrogen and oxygen atoms in total. The third-order valence-electron chi connectivity index (χ3n) is 2.94. The molecule has 0 radical (unpaired) electrons. The minimum absolute atomic E-state index is 0.0162. The van der Waals surface area contributed by atoms with Gasteiger partial charge in [0.15, 0.2) is 5.78 Å². The number of hydrogen-bond donors (Lipinski definition) is 0. The smallest absolute Gasteiger partial charge is 0.289 e. The molecule has 0 aromatic heterocycles. The quantitative estimate of drug-likeness (QED) is 0.468. The second kappa shape index (κ2) is 5.99. The van der Waals surface area contributed by atoms with Crippen molar-refractivity contribution >= 4 is 21.7 Å². The van der Waals surface area contributed by atoms with Gasteiger partial charge in [0.05, 0.1) is 11.1 Å². The third-order valence-corrected chi connectivity index (χ3v) is 3.43. The maximum Gasteiger partial charge on any atom is 0.416 e. The highest BCUT2D eigenvalue weighted by atomic mass is 79.9. The van der Waals surface area contributed by atoms with Crippen LogP contribution in [0.3, 0.4) is 0 Å². The molecule has 0 aliphatic carbocycles. The fourth-order valence-corrected chi connectivity index (χ4v) is 2.28. The van der Waals surface area contributed by atoms with Gasteiger partial charge in [-0.1, -0.05) is 28.1 Å². The molecule has 0 N–H and O–H groups in total. The van der Waals surface area contributed by atoms with Crippen LogP contribution in [0.2, 0.25) is 0 Å². The van der Waals surface area contributed by atoms with E-state index in [-0.39, 0.29) is 11.6 Å². The maximum absolute atomic E-state index is 12.8. The van der Waals surface area contributed by atoms with Gasteiger partial charge >= 0.3 is 12.4 Å². The second-order valence-corrected chi connectivity index (χ2v) is 5.55. The Morgan fingerprint density at radius 2 is 1.30 bits per heavy atom.